The molecule has 4 rings (SSSR count). The number of carbonyl (C=O) groups is 1. The number of amides is 1. The summed E-state index contributed by atoms with van der Waals surface area (Å²) in [5, 5.41) is 0.959. The molecule has 0 atom stereocenters. The van der Waals surface area contributed by atoms with E-state index in [1.165, 1.54) is 4.31 Å². The van der Waals surface area contributed by atoms with Crippen molar-refractivity contribution >= 4 is 37.5 Å². The first-order valence-corrected chi connectivity index (χ1v) is 12.3. The fourth-order valence-corrected chi connectivity index (χ4v) is 6.07. The minimum absolute atomic E-state index is 0.0532. The molecular weight excluding hydrogens is 418 g/mol. The molecule has 30 heavy (non-hydrogen) atoms. The summed E-state index contributed by atoms with van der Waals surface area (Å²) in [7, 11) is -3.53. The lowest BCUT2D eigenvalue weighted by Crippen LogP contribution is -2.50. The number of carbonyl (C=O) groups excluding carboxylic acids is 1. The number of hydrogen-bond donors (Lipinski definition) is 0. The molecule has 8 heteroatoms. The van der Waals surface area contributed by atoms with Crippen LogP contribution in [0.2, 0.25) is 0 Å². The molecule has 0 radical (unpaired) electrons. The van der Waals surface area contributed by atoms with Crippen LogP contribution in [0.15, 0.2) is 47.4 Å². The van der Waals surface area contributed by atoms with E-state index in [-0.39, 0.29) is 5.91 Å². The molecule has 0 unspecified atom stereocenters. The zero-order valence-corrected chi connectivity index (χ0v) is 18.8. The van der Waals surface area contributed by atoms with Crippen molar-refractivity contribution in [2.24, 2.45) is 0 Å². The lowest BCUT2D eigenvalue weighted by Gasteiger charge is -2.34. The van der Waals surface area contributed by atoms with E-state index in [2.05, 4.69) is 4.98 Å². The Morgan fingerprint density at radius 3 is 2.47 bits per heavy atom. The van der Waals surface area contributed by atoms with Crippen molar-refractivity contribution < 1.29 is 13.2 Å². The quantitative estimate of drug-likeness (QED) is 0.606. The molecule has 3 aromatic rings. The monoisotopic (exact) mass is 443 g/mol. The Hall–Kier alpha value is -2.29. The van der Waals surface area contributed by atoms with Gasteiger partial charge in [0.25, 0.3) is 0 Å². The number of aromatic nitrogens is 1. The summed E-state index contributed by atoms with van der Waals surface area (Å²) >= 11 is 1.62. The molecule has 0 bridgehead atoms. The minimum atomic E-state index is -3.53. The maximum atomic E-state index is 12.9. The Balaban J connectivity index is 1.34. The van der Waals surface area contributed by atoms with Gasteiger partial charge in [-0.25, -0.2) is 13.4 Å². The van der Waals surface area contributed by atoms with E-state index >= 15 is 0 Å². The third-order valence-electron chi connectivity index (χ3n) is 5.60. The molecule has 1 amide bonds. The van der Waals surface area contributed by atoms with Gasteiger partial charge in [0.2, 0.25) is 15.9 Å². The molecule has 0 aliphatic carbocycles. The van der Waals surface area contributed by atoms with Gasteiger partial charge in [0.1, 0.15) is 0 Å². The van der Waals surface area contributed by atoms with Crippen molar-refractivity contribution in [3.63, 3.8) is 0 Å². The Bertz CT molecular complexity index is 1150. The highest BCUT2D eigenvalue weighted by Crippen LogP contribution is 2.23. The molecule has 0 spiro atoms. The highest BCUT2D eigenvalue weighted by molar-refractivity contribution is 7.89. The summed E-state index contributed by atoms with van der Waals surface area (Å²) in [4.78, 5) is 19.3. The van der Waals surface area contributed by atoms with E-state index in [0.717, 1.165) is 26.4 Å². The zero-order valence-electron chi connectivity index (χ0n) is 17.2. The number of fused-ring (bicyclic) bond motifs is 1. The molecule has 1 aliphatic heterocycles. The number of rotatable bonds is 5. The van der Waals surface area contributed by atoms with Gasteiger partial charge in [-0.05, 0) is 49.2 Å². The molecule has 0 saturated carbocycles. The molecule has 1 aromatic heterocycles. The lowest BCUT2D eigenvalue weighted by molar-refractivity contribution is -0.132. The summed E-state index contributed by atoms with van der Waals surface area (Å²) in [6.07, 6.45) is 1.00. The van der Waals surface area contributed by atoms with Gasteiger partial charge in [-0.2, -0.15) is 4.31 Å². The number of thiazole rings is 1. The molecule has 1 aliphatic rings. The van der Waals surface area contributed by atoms with E-state index in [1.807, 2.05) is 44.2 Å². The first-order valence-electron chi connectivity index (χ1n) is 10.0. The van der Waals surface area contributed by atoms with Crippen LogP contribution in [-0.4, -0.2) is 54.7 Å². The van der Waals surface area contributed by atoms with Crippen molar-refractivity contribution in [1.82, 2.24) is 14.2 Å². The van der Waals surface area contributed by atoms with Gasteiger partial charge >= 0.3 is 0 Å². The van der Waals surface area contributed by atoms with Gasteiger partial charge in [0, 0.05) is 39.0 Å². The van der Waals surface area contributed by atoms with Crippen LogP contribution in [0.4, 0.5) is 0 Å². The van der Waals surface area contributed by atoms with Gasteiger partial charge in [-0.1, -0.05) is 18.2 Å². The van der Waals surface area contributed by atoms with Crippen molar-refractivity contribution in [3.05, 3.63) is 58.6 Å². The molecule has 0 N–H and O–H groups in total. The Labute approximate surface area is 181 Å². The third-order valence-corrected chi connectivity index (χ3v) is 8.59. The van der Waals surface area contributed by atoms with Crippen molar-refractivity contribution in [3.8, 4) is 0 Å². The number of sulfonamides is 1. The number of aryl methyl sites for hydroxylation is 3. The zero-order chi connectivity index (χ0) is 21.3. The van der Waals surface area contributed by atoms with Crippen LogP contribution in [0.25, 0.3) is 10.2 Å². The van der Waals surface area contributed by atoms with Crippen LogP contribution in [-0.2, 0) is 21.2 Å². The smallest absolute Gasteiger partial charge is 0.243 e. The third kappa shape index (κ3) is 4.26. The number of piperazine rings is 1. The molecular formula is C22H25N3O3S2. The largest absolute Gasteiger partial charge is 0.340 e. The van der Waals surface area contributed by atoms with E-state index in [1.54, 1.807) is 28.4 Å². The van der Waals surface area contributed by atoms with Crippen LogP contribution in [0.5, 0.6) is 0 Å². The number of para-hydroxylation sites is 1. The second-order valence-electron chi connectivity index (χ2n) is 7.61. The second-order valence-corrected chi connectivity index (χ2v) is 10.7. The fraction of sp³-hybridized carbons (Fsp3) is 0.364. The van der Waals surface area contributed by atoms with Crippen molar-refractivity contribution in [2.45, 2.75) is 31.6 Å². The number of hydrogen-bond acceptors (Lipinski definition) is 5. The maximum absolute atomic E-state index is 12.9. The van der Waals surface area contributed by atoms with E-state index < -0.39 is 10.0 Å². The van der Waals surface area contributed by atoms with E-state index in [9.17, 15) is 13.2 Å². The number of nitrogens with zero attached hydrogens (tertiary/aromatic N) is 3. The summed E-state index contributed by atoms with van der Waals surface area (Å²) in [6, 6.07) is 13.2. The second kappa shape index (κ2) is 8.45. The van der Waals surface area contributed by atoms with Gasteiger partial charge in [-0.15, -0.1) is 11.3 Å². The SMILES string of the molecule is Cc1ccc(S(=O)(=O)N2CCN(C(=O)CCc3nc4ccccc4s3)CC2)cc1C. The molecule has 158 valence electrons. The first kappa shape index (κ1) is 21.0. The molecule has 2 heterocycles. The topological polar surface area (TPSA) is 70.6 Å². The van der Waals surface area contributed by atoms with Crippen LogP contribution < -0.4 is 0 Å². The summed E-state index contributed by atoms with van der Waals surface area (Å²) in [6.45, 7) is 5.36. The normalized spacial score (nSPS) is 15.6. The van der Waals surface area contributed by atoms with Crippen molar-refractivity contribution in [2.75, 3.05) is 26.2 Å². The summed E-state index contributed by atoms with van der Waals surface area (Å²) in [5.41, 5.74) is 2.99. The predicted octanol–water partition coefficient (Wildman–Crippen LogP) is 3.38. The predicted molar refractivity (Wildman–Crippen MR) is 119 cm³/mol. The maximum Gasteiger partial charge on any atom is 0.243 e. The summed E-state index contributed by atoms with van der Waals surface area (Å²) < 4.78 is 28.5. The number of benzene rings is 2. The fourth-order valence-electron chi connectivity index (χ4n) is 3.60. The van der Waals surface area contributed by atoms with Gasteiger partial charge < -0.3 is 4.90 Å². The Morgan fingerprint density at radius 1 is 1.03 bits per heavy atom. The molecule has 6 nitrogen and oxygen atoms in total. The van der Waals surface area contributed by atoms with Crippen LogP contribution in [0.1, 0.15) is 22.6 Å². The highest BCUT2D eigenvalue weighted by Gasteiger charge is 2.30. The standard InChI is InChI=1S/C22H25N3O3S2/c1-16-7-8-18(15-17(16)2)30(27,28)25-13-11-24(12-14-25)22(26)10-9-21-23-19-5-3-4-6-20(19)29-21/h3-8,15H,9-14H2,1-2H3. The Kier molecular flexibility index (Phi) is 5.90. The van der Waals surface area contributed by atoms with E-state index in [0.29, 0.717) is 43.9 Å². The van der Waals surface area contributed by atoms with Gasteiger partial charge in [0.05, 0.1) is 20.1 Å². The van der Waals surface area contributed by atoms with Crippen LogP contribution >= 0.6 is 11.3 Å². The average Bonchev–Trinajstić information content (AvgIpc) is 3.17. The lowest BCUT2D eigenvalue weighted by atomic mass is 10.1. The van der Waals surface area contributed by atoms with Gasteiger partial charge in [-0.3, -0.25) is 4.79 Å². The minimum Gasteiger partial charge on any atom is -0.340 e. The first-order chi connectivity index (χ1) is 14.3. The summed E-state index contributed by atoms with van der Waals surface area (Å²) in [5.74, 6) is 0.0532. The van der Waals surface area contributed by atoms with E-state index in [4.69, 9.17) is 0 Å². The van der Waals surface area contributed by atoms with Crippen LogP contribution in [0.3, 0.4) is 0 Å². The van der Waals surface area contributed by atoms with Crippen molar-refractivity contribution in [1.29, 1.82) is 0 Å². The molecule has 1 saturated heterocycles. The van der Waals surface area contributed by atoms with Crippen LogP contribution in [0, 0.1) is 13.8 Å². The molecule has 1 fully saturated rings. The van der Waals surface area contributed by atoms with Gasteiger partial charge in [0.15, 0.2) is 0 Å². The average molecular weight is 444 g/mol. The Morgan fingerprint density at radius 2 is 1.77 bits per heavy atom. The highest BCUT2D eigenvalue weighted by atomic mass is 32.2. The molecule has 2 aromatic carbocycles.